The molecular weight excluding hydrogens is 214 g/mol. The van der Waals surface area contributed by atoms with E-state index in [1.165, 1.54) is 18.7 Å². The Morgan fingerprint density at radius 3 is 2.93 bits per heavy atom. The zero-order valence-electron chi connectivity index (χ0n) is 8.38. The van der Waals surface area contributed by atoms with Gasteiger partial charge in [-0.1, -0.05) is 0 Å². The van der Waals surface area contributed by atoms with Gasteiger partial charge in [0.25, 0.3) is 0 Å². The van der Waals surface area contributed by atoms with Gasteiger partial charge in [0.15, 0.2) is 0 Å². The molecule has 1 heterocycles. The maximum absolute atomic E-state index is 10.7. The molecule has 0 aliphatic heterocycles. The van der Waals surface area contributed by atoms with Crippen molar-refractivity contribution in [3.63, 3.8) is 0 Å². The minimum atomic E-state index is -1.17. The van der Waals surface area contributed by atoms with Crippen LogP contribution in [0.2, 0.25) is 0 Å². The van der Waals surface area contributed by atoms with Gasteiger partial charge in [-0.3, -0.25) is 9.78 Å². The average Bonchev–Trinajstić information content (AvgIpc) is 2.19. The zero-order valence-corrected chi connectivity index (χ0v) is 9.20. The largest absolute Gasteiger partial charge is 0.480 e. The molecule has 0 bridgehead atoms. The fraction of sp³-hybridized carbons (Fsp3) is 0.444. The van der Waals surface area contributed by atoms with Crippen LogP contribution in [0.3, 0.4) is 0 Å². The van der Waals surface area contributed by atoms with Crippen LogP contribution in [-0.2, 0) is 4.79 Å². The van der Waals surface area contributed by atoms with Crippen LogP contribution >= 0.6 is 11.8 Å². The second-order valence-corrected chi connectivity index (χ2v) is 4.48. The molecule has 0 spiro atoms. The Morgan fingerprint density at radius 2 is 2.40 bits per heavy atom. The number of carbonyl (C=O) groups is 1. The maximum atomic E-state index is 10.7. The second-order valence-electron chi connectivity index (χ2n) is 3.36. The third-order valence-electron chi connectivity index (χ3n) is 1.90. The standard InChI is InChI=1S/C9H13N3O2S/c1-9(10,8(13)14)2-5-15-7-6-11-3-4-12-7/h3-4,6H,2,5,10H2,1H3,(H,13,14). The van der Waals surface area contributed by atoms with Crippen molar-refractivity contribution in [2.24, 2.45) is 5.73 Å². The molecule has 82 valence electrons. The first kappa shape index (κ1) is 11.9. The smallest absolute Gasteiger partial charge is 0.323 e. The summed E-state index contributed by atoms with van der Waals surface area (Å²) in [7, 11) is 0. The van der Waals surface area contributed by atoms with Crippen molar-refractivity contribution in [3.8, 4) is 0 Å². The molecule has 0 aliphatic carbocycles. The quantitative estimate of drug-likeness (QED) is 0.722. The summed E-state index contributed by atoms with van der Waals surface area (Å²) < 4.78 is 0. The first-order valence-corrected chi connectivity index (χ1v) is 5.42. The Labute approximate surface area is 92.1 Å². The summed E-state index contributed by atoms with van der Waals surface area (Å²) in [6.07, 6.45) is 5.22. The summed E-state index contributed by atoms with van der Waals surface area (Å²) in [6.45, 7) is 1.51. The van der Waals surface area contributed by atoms with Gasteiger partial charge < -0.3 is 10.8 Å². The third-order valence-corrected chi connectivity index (χ3v) is 2.81. The van der Waals surface area contributed by atoms with Gasteiger partial charge >= 0.3 is 5.97 Å². The molecule has 6 heteroatoms. The van der Waals surface area contributed by atoms with Crippen LogP contribution in [-0.4, -0.2) is 32.3 Å². The molecule has 1 atom stereocenters. The third kappa shape index (κ3) is 3.85. The highest BCUT2D eigenvalue weighted by Gasteiger charge is 2.27. The van der Waals surface area contributed by atoms with Gasteiger partial charge in [-0.25, -0.2) is 4.98 Å². The fourth-order valence-corrected chi connectivity index (χ4v) is 1.84. The summed E-state index contributed by atoms with van der Waals surface area (Å²) in [5, 5.41) is 9.55. The number of carboxylic acids is 1. The topological polar surface area (TPSA) is 89.1 Å². The van der Waals surface area contributed by atoms with E-state index < -0.39 is 11.5 Å². The van der Waals surface area contributed by atoms with Crippen molar-refractivity contribution in [2.75, 3.05) is 5.75 Å². The van der Waals surface area contributed by atoms with E-state index in [9.17, 15) is 4.79 Å². The van der Waals surface area contributed by atoms with Gasteiger partial charge in [-0.05, 0) is 13.3 Å². The van der Waals surface area contributed by atoms with Gasteiger partial charge in [0.05, 0.1) is 6.20 Å². The fourth-order valence-electron chi connectivity index (χ4n) is 0.835. The number of hydrogen-bond acceptors (Lipinski definition) is 5. The maximum Gasteiger partial charge on any atom is 0.323 e. The van der Waals surface area contributed by atoms with Crippen LogP contribution < -0.4 is 5.73 Å². The van der Waals surface area contributed by atoms with Gasteiger partial charge in [0.2, 0.25) is 0 Å². The molecule has 0 aliphatic rings. The normalized spacial score (nSPS) is 14.5. The van der Waals surface area contributed by atoms with E-state index in [0.717, 1.165) is 5.03 Å². The molecule has 0 saturated carbocycles. The van der Waals surface area contributed by atoms with E-state index >= 15 is 0 Å². The van der Waals surface area contributed by atoms with Crippen LogP contribution in [0.5, 0.6) is 0 Å². The van der Waals surface area contributed by atoms with E-state index in [0.29, 0.717) is 12.2 Å². The predicted octanol–water partition coefficient (Wildman–Crippen LogP) is 0.761. The Kier molecular flexibility index (Phi) is 4.05. The highest BCUT2D eigenvalue weighted by Crippen LogP contribution is 2.17. The Morgan fingerprint density at radius 1 is 1.67 bits per heavy atom. The van der Waals surface area contributed by atoms with E-state index in [1.54, 1.807) is 18.6 Å². The van der Waals surface area contributed by atoms with Crippen molar-refractivity contribution in [3.05, 3.63) is 18.6 Å². The van der Waals surface area contributed by atoms with E-state index in [4.69, 9.17) is 10.8 Å². The molecule has 5 nitrogen and oxygen atoms in total. The summed E-state index contributed by atoms with van der Waals surface area (Å²) in [4.78, 5) is 18.7. The van der Waals surface area contributed by atoms with Crippen LogP contribution in [0.25, 0.3) is 0 Å². The predicted molar refractivity (Wildman–Crippen MR) is 57.6 cm³/mol. The van der Waals surface area contributed by atoms with E-state index in [2.05, 4.69) is 9.97 Å². The highest BCUT2D eigenvalue weighted by molar-refractivity contribution is 7.99. The number of thioether (sulfide) groups is 1. The van der Waals surface area contributed by atoms with Crippen molar-refractivity contribution in [1.29, 1.82) is 0 Å². The minimum absolute atomic E-state index is 0.392. The van der Waals surface area contributed by atoms with Crippen LogP contribution in [0, 0.1) is 0 Å². The summed E-state index contributed by atoms with van der Waals surface area (Å²) in [5.74, 6) is -0.375. The Bertz CT molecular complexity index is 329. The number of nitrogens with two attached hydrogens (primary N) is 1. The van der Waals surface area contributed by atoms with Crippen molar-refractivity contribution in [1.82, 2.24) is 9.97 Å². The number of carboxylic acid groups (broad SMARTS) is 1. The summed E-state index contributed by atoms with van der Waals surface area (Å²) in [5.41, 5.74) is 4.40. The average molecular weight is 227 g/mol. The molecule has 0 aromatic carbocycles. The molecule has 1 rings (SSSR count). The molecule has 0 radical (unpaired) electrons. The summed E-state index contributed by atoms with van der Waals surface area (Å²) in [6, 6.07) is 0. The highest BCUT2D eigenvalue weighted by atomic mass is 32.2. The van der Waals surface area contributed by atoms with Crippen molar-refractivity contribution < 1.29 is 9.90 Å². The Balaban J connectivity index is 2.37. The molecule has 1 aromatic rings. The lowest BCUT2D eigenvalue weighted by atomic mass is 10.0. The molecule has 0 saturated heterocycles. The molecular formula is C9H13N3O2S. The van der Waals surface area contributed by atoms with Crippen LogP contribution in [0.1, 0.15) is 13.3 Å². The Hall–Kier alpha value is -1.14. The van der Waals surface area contributed by atoms with Gasteiger partial charge in [-0.15, -0.1) is 11.8 Å². The lowest BCUT2D eigenvalue weighted by molar-refractivity contribution is -0.142. The minimum Gasteiger partial charge on any atom is -0.480 e. The molecule has 1 aromatic heterocycles. The molecule has 15 heavy (non-hydrogen) atoms. The first-order chi connectivity index (χ1) is 7.02. The van der Waals surface area contributed by atoms with E-state index in [-0.39, 0.29) is 0 Å². The van der Waals surface area contributed by atoms with Crippen LogP contribution in [0.4, 0.5) is 0 Å². The molecule has 0 amide bonds. The number of hydrogen-bond donors (Lipinski definition) is 2. The zero-order chi connectivity index (χ0) is 11.3. The second kappa shape index (κ2) is 5.09. The first-order valence-electron chi connectivity index (χ1n) is 4.43. The SMILES string of the molecule is CC(N)(CCSc1cnccn1)C(=O)O. The van der Waals surface area contributed by atoms with Crippen molar-refractivity contribution in [2.45, 2.75) is 23.9 Å². The van der Waals surface area contributed by atoms with Gasteiger partial charge in [0.1, 0.15) is 10.6 Å². The number of aliphatic carboxylic acids is 1. The van der Waals surface area contributed by atoms with Gasteiger partial charge in [0, 0.05) is 18.1 Å². The van der Waals surface area contributed by atoms with Crippen molar-refractivity contribution >= 4 is 17.7 Å². The lowest BCUT2D eigenvalue weighted by Gasteiger charge is -2.17. The molecule has 3 N–H and O–H groups in total. The molecule has 1 unspecified atom stereocenters. The van der Waals surface area contributed by atoms with Crippen LogP contribution in [0.15, 0.2) is 23.6 Å². The molecule has 0 fully saturated rings. The lowest BCUT2D eigenvalue weighted by Crippen LogP contribution is -2.45. The van der Waals surface area contributed by atoms with E-state index in [1.807, 2.05) is 0 Å². The number of rotatable bonds is 5. The number of aromatic nitrogens is 2. The number of nitrogens with zero attached hydrogens (tertiary/aromatic N) is 2. The summed E-state index contributed by atoms with van der Waals surface area (Å²) >= 11 is 1.45. The van der Waals surface area contributed by atoms with Gasteiger partial charge in [-0.2, -0.15) is 0 Å². The monoisotopic (exact) mass is 227 g/mol.